The van der Waals surface area contributed by atoms with Gasteiger partial charge in [0.05, 0.1) is 5.54 Å². The maximum Gasteiger partial charge on any atom is 0.244 e. The van der Waals surface area contributed by atoms with E-state index >= 15 is 0 Å². The van der Waals surface area contributed by atoms with Crippen LogP contribution >= 0.6 is 24.2 Å². The lowest BCUT2D eigenvalue weighted by atomic mass is 9.96. The molecule has 1 atom stereocenters. The Bertz CT molecular complexity index is 379. The molecule has 3 nitrogen and oxygen atoms in total. The van der Waals surface area contributed by atoms with Crippen LogP contribution in [0.2, 0.25) is 0 Å². The smallest absolute Gasteiger partial charge is 0.244 e. The van der Waals surface area contributed by atoms with Crippen LogP contribution in [-0.4, -0.2) is 17.7 Å². The van der Waals surface area contributed by atoms with Gasteiger partial charge in [0, 0.05) is 10.6 Å². The summed E-state index contributed by atoms with van der Waals surface area (Å²) in [6, 6.07) is 7.75. The molecule has 0 saturated carbocycles. The molecule has 102 valence electrons. The van der Waals surface area contributed by atoms with Crippen LogP contribution in [-0.2, 0) is 4.79 Å². The number of anilines is 1. The van der Waals surface area contributed by atoms with Gasteiger partial charge in [0.25, 0.3) is 0 Å². The highest BCUT2D eigenvalue weighted by atomic mass is 35.5. The molecule has 0 spiro atoms. The van der Waals surface area contributed by atoms with E-state index in [1.165, 1.54) is 4.90 Å². The molecule has 0 aliphatic rings. The van der Waals surface area contributed by atoms with E-state index in [2.05, 4.69) is 5.32 Å². The molecule has 0 aliphatic carbocycles. The van der Waals surface area contributed by atoms with Crippen LogP contribution in [0.1, 0.15) is 26.7 Å². The minimum absolute atomic E-state index is 0. The summed E-state index contributed by atoms with van der Waals surface area (Å²) in [6.07, 6.45) is 3.60. The molecule has 0 fully saturated rings. The Hall–Kier alpha value is -0.710. The summed E-state index contributed by atoms with van der Waals surface area (Å²) in [6.45, 7) is 3.79. The molecule has 0 aliphatic heterocycles. The third-order valence-corrected chi connectivity index (χ3v) is 3.38. The van der Waals surface area contributed by atoms with Crippen molar-refractivity contribution in [2.75, 3.05) is 11.6 Å². The van der Waals surface area contributed by atoms with Gasteiger partial charge < -0.3 is 11.1 Å². The maximum atomic E-state index is 11.9. The molecule has 3 N–H and O–H groups in total. The number of benzene rings is 1. The zero-order valence-electron chi connectivity index (χ0n) is 11.0. The molecule has 1 unspecified atom stereocenters. The Labute approximate surface area is 119 Å². The Morgan fingerprint density at radius 3 is 2.39 bits per heavy atom. The Balaban J connectivity index is 0.00000289. The Morgan fingerprint density at radius 1 is 1.39 bits per heavy atom. The van der Waals surface area contributed by atoms with Gasteiger partial charge in [-0.1, -0.05) is 13.3 Å². The predicted octanol–water partition coefficient (Wildman–Crippen LogP) is 3.29. The lowest BCUT2D eigenvalue weighted by molar-refractivity contribution is -0.120. The summed E-state index contributed by atoms with van der Waals surface area (Å²) in [5.74, 6) is -0.128. The average Bonchev–Trinajstić information content (AvgIpc) is 2.30. The number of carbonyl (C=O) groups excluding carboxylic acids is 1. The van der Waals surface area contributed by atoms with Crippen LogP contribution in [0.5, 0.6) is 0 Å². The van der Waals surface area contributed by atoms with Crippen molar-refractivity contribution < 1.29 is 4.79 Å². The number of carbonyl (C=O) groups is 1. The molecule has 0 bridgehead atoms. The standard InChI is InChI=1S/C13H20N2OS.ClH/c1-4-9-13(2,14)12(16)15-10-5-7-11(17-3)8-6-10;/h5-8H,4,9,14H2,1-3H3,(H,15,16);1H. The van der Waals surface area contributed by atoms with Crippen LogP contribution < -0.4 is 11.1 Å². The third kappa shape index (κ3) is 4.88. The normalized spacial score (nSPS) is 13.3. The van der Waals surface area contributed by atoms with Crippen molar-refractivity contribution in [3.05, 3.63) is 24.3 Å². The van der Waals surface area contributed by atoms with E-state index in [1.54, 1.807) is 18.7 Å². The van der Waals surface area contributed by atoms with Crippen molar-refractivity contribution in [2.45, 2.75) is 37.1 Å². The van der Waals surface area contributed by atoms with E-state index in [0.29, 0.717) is 6.42 Å². The first-order valence-corrected chi connectivity index (χ1v) is 6.96. The summed E-state index contributed by atoms with van der Waals surface area (Å²) in [7, 11) is 0. The lowest BCUT2D eigenvalue weighted by Gasteiger charge is -2.22. The number of halogens is 1. The number of rotatable bonds is 5. The highest BCUT2D eigenvalue weighted by Crippen LogP contribution is 2.19. The highest BCUT2D eigenvalue weighted by molar-refractivity contribution is 7.98. The minimum Gasteiger partial charge on any atom is -0.325 e. The van der Waals surface area contributed by atoms with Gasteiger partial charge in [0.15, 0.2) is 0 Å². The first kappa shape index (κ1) is 17.3. The molecule has 1 aromatic carbocycles. The Kier molecular flexibility index (Phi) is 7.36. The molecule has 1 amide bonds. The van der Waals surface area contributed by atoms with Crippen molar-refractivity contribution in [3.8, 4) is 0 Å². The first-order valence-electron chi connectivity index (χ1n) is 5.74. The zero-order chi connectivity index (χ0) is 12.9. The number of hydrogen-bond donors (Lipinski definition) is 2. The van der Waals surface area contributed by atoms with Crippen LogP contribution in [0, 0.1) is 0 Å². The monoisotopic (exact) mass is 288 g/mol. The topological polar surface area (TPSA) is 55.1 Å². The van der Waals surface area contributed by atoms with Gasteiger partial charge in [0.2, 0.25) is 5.91 Å². The second kappa shape index (κ2) is 7.67. The van der Waals surface area contributed by atoms with Crippen LogP contribution in [0.4, 0.5) is 5.69 Å². The second-order valence-electron chi connectivity index (χ2n) is 4.35. The number of hydrogen-bond acceptors (Lipinski definition) is 3. The molecule has 1 rings (SSSR count). The fourth-order valence-corrected chi connectivity index (χ4v) is 1.99. The van der Waals surface area contributed by atoms with Crippen molar-refractivity contribution in [3.63, 3.8) is 0 Å². The molecule has 0 heterocycles. The first-order chi connectivity index (χ1) is 7.99. The Morgan fingerprint density at radius 2 is 1.94 bits per heavy atom. The van der Waals surface area contributed by atoms with Gasteiger partial charge in [-0.15, -0.1) is 24.2 Å². The minimum atomic E-state index is -0.799. The van der Waals surface area contributed by atoms with E-state index in [0.717, 1.165) is 12.1 Å². The number of thioether (sulfide) groups is 1. The van der Waals surface area contributed by atoms with Gasteiger partial charge in [-0.3, -0.25) is 4.79 Å². The predicted molar refractivity (Wildman–Crippen MR) is 81.6 cm³/mol. The highest BCUT2D eigenvalue weighted by Gasteiger charge is 2.26. The molecule has 5 heteroatoms. The van der Waals surface area contributed by atoms with Crippen LogP contribution in [0.25, 0.3) is 0 Å². The summed E-state index contributed by atoms with van der Waals surface area (Å²) in [5, 5.41) is 2.85. The van der Waals surface area contributed by atoms with Crippen molar-refractivity contribution >= 4 is 35.8 Å². The number of nitrogens with two attached hydrogens (primary N) is 1. The number of nitrogens with one attached hydrogen (secondary N) is 1. The van der Waals surface area contributed by atoms with Gasteiger partial charge in [-0.25, -0.2) is 0 Å². The van der Waals surface area contributed by atoms with E-state index in [9.17, 15) is 4.79 Å². The van der Waals surface area contributed by atoms with Crippen LogP contribution in [0.15, 0.2) is 29.2 Å². The fraction of sp³-hybridized carbons (Fsp3) is 0.462. The molecule has 18 heavy (non-hydrogen) atoms. The SMILES string of the molecule is CCCC(C)(N)C(=O)Nc1ccc(SC)cc1.Cl. The largest absolute Gasteiger partial charge is 0.325 e. The lowest BCUT2D eigenvalue weighted by Crippen LogP contribution is -2.48. The molecule has 0 radical (unpaired) electrons. The maximum absolute atomic E-state index is 11.9. The van der Waals surface area contributed by atoms with E-state index < -0.39 is 5.54 Å². The van der Waals surface area contributed by atoms with Gasteiger partial charge in [-0.05, 0) is 43.9 Å². The van der Waals surface area contributed by atoms with Gasteiger partial charge in [0.1, 0.15) is 0 Å². The van der Waals surface area contributed by atoms with E-state index in [-0.39, 0.29) is 18.3 Å². The van der Waals surface area contributed by atoms with Gasteiger partial charge >= 0.3 is 0 Å². The van der Waals surface area contributed by atoms with Crippen LogP contribution in [0.3, 0.4) is 0 Å². The van der Waals surface area contributed by atoms with Crippen molar-refractivity contribution in [2.24, 2.45) is 5.73 Å². The summed E-state index contributed by atoms with van der Waals surface area (Å²) in [4.78, 5) is 13.1. The fourth-order valence-electron chi connectivity index (χ4n) is 1.58. The summed E-state index contributed by atoms with van der Waals surface area (Å²) in [5.41, 5.74) is 5.95. The molecule has 0 saturated heterocycles. The third-order valence-electron chi connectivity index (χ3n) is 2.64. The molecular formula is C13H21ClN2OS. The molecule has 0 aromatic heterocycles. The second-order valence-corrected chi connectivity index (χ2v) is 5.23. The van der Waals surface area contributed by atoms with Gasteiger partial charge in [-0.2, -0.15) is 0 Å². The number of amides is 1. The summed E-state index contributed by atoms with van der Waals surface area (Å²) >= 11 is 1.67. The van der Waals surface area contributed by atoms with E-state index in [1.807, 2.05) is 37.4 Å². The van der Waals surface area contributed by atoms with Crippen molar-refractivity contribution in [1.82, 2.24) is 0 Å². The summed E-state index contributed by atoms with van der Waals surface area (Å²) < 4.78 is 0. The van der Waals surface area contributed by atoms with E-state index in [4.69, 9.17) is 5.73 Å². The van der Waals surface area contributed by atoms with Crippen molar-refractivity contribution in [1.29, 1.82) is 0 Å². The zero-order valence-corrected chi connectivity index (χ0v) is 12.7. The molecule has 1 aromatic rings. The molecular weight excluding hydrogens is 268 g/mol. The quantitative estimate of drug-likeness (QED) is 0.818. The average molecular weight is 289 g/mol.